The quantitative estimate of drug-likeness (QED) is 0.784. The molecule has 0 saturated carbocycles. The smallest absolute Gasteiger partial charge is 0.270 e. The molecule has 2 aromatic rings. The van der Waals surface area contributed by atoms with E-state index in [9.17, 15) is 4.79 Å². The van der Waals surface area contributed by atoms with E-state index >= 15 is 0 Å². The van der Waals surface area contributed by atoms with Gasteiger partial charge in [0.2, 0.25) is 0 Å². The van der Waals surface area contributed by atoms with E-state index in [1.165, 1.54) is 6.20 Å². The summed E-state index contributed by atoms with van der Waals surface area (Å²) in [4.78, 5) is 10.8. The lowest BCUT2D eigenvalue weighted by Crippen LogP contribution is -2.11. The number of primary amides is 1. The summed E-state index contributed by atoms with van der Waals surface area (Å²) in [6.45, 7) is 0.584. The van der Waals surface area contributed by atoms with Crippen LogP contribution in [-0.2, 0) is 6.54 Å². The van der Waals surface area contributed by atoms with E-state index in [0.717, 1.165) is 5.56 Å². The molecule has 0 saturated heterocycles. The second-order valence-electron chi connectivity index (χ2n) is 3.15. The van der Waals surface area contributed by atoms with Crippen molar-refractivity contribution < 1.29 is 4.79 Å². The Morgan fingerprint density at radius 1 is 1.33 bits per heavy atom. The lowest BCUT2D eigenvalue weighted by atomic mass is 10.2. The van der Waals surface area contributed by atoms with Crippen LogP contribution in [0.5, 0.6) is 0 Å². The van der Waals surface area contributed by atoms with Gasteiger partial charge in [-0.3, -0.25) is 4.79 Å². The normalized spacial score (nSPS) is 10.1. The molecule has 0 fully saturated rings. The molecule has 2 N–H and O–H groups in total. The first-order valence-corrected chi connectivity index (χ1v) is 4.49. The molecule has 0 radical (unpaired) electrons. The van der Waals surface area contributed by atoms with Crippen molar-refractivity contribution in [3.8, 4) is 0 Å². The molecule has 0 bridgehead atoms. The lowest BCUT2D eigenvalue weighted by molar-refractivity contribution is 0.0995. The minimum absolute atomic E-state index is 0.186. The van der Waals surface area contributed by atoms with Crippen LogP contribution in [0.15, 0.2) is 36.5 Å². The first kappa shape index (κ1) is 9.39. The molecule has 0 aliphatic rings. The number of rotatable bonds is 3. The highest BCUT2D eigenvalue weighted by Crippen LogP contribution is 2.01. The monoisotopic (exact) mass is 202 g/mol. The zero-order valence-electron chi connectivity index (χ0n) is 8.00. The van der Waals surface area contributed by atoms with E-state index in [1.54, 1.807) is 4.68 Å². The molecule has 76 valence electrons. The summed E-state index contributed by atoms with van der Waals surface area (Å²) in [5.41, 5.74) is 6.35. The van der Waals surface area contributed by atoms with Crippen molar-refractivity contribution in [1.29, 1.82) is 0 Å². The Hall–Kier alpha value is -2.17. The van der Waals surface area contributed by atoms with Crippen molar-refractivity contribution in [2.24, 2.45) is 5.73 Å². The molecule has 0 spiro atoms. The fraction of sp³-hybridized carbons (Fsp3) is 0.100. The van der Waals surface area contributed by atoms with Crippen LogP contribution < -0.4 is 5.73 Å². The third kappa shape index (κ3) is 2.19. The second kappa shape index (κ2) is 3.91. The lowest BCUT2D eigenvalue weighted by Gasteiger charge is -1.98. The number of carbonyl (C=O) groups excluding carboxylic acids is 1. The molecular weight excluding hydrogens is 192 g/mol. The molecule has 2 rings (SSSR count). The van der Waals surface area contributed by atoms with Gasteiger partial charge in [-0.2, -0.15) is 0 Å². The van der Waals surface area contributed by atoms with E-state index < -0.39 is 5.91 Å². The summed E-state index contributed by atoms with van der Waals surface area (Å²) < 4.78 is 1.58. The summed E-state index contributed by atoms with van der Waals surface area (Å²) in [6, 6.07) is 9.79. The number of carbonyl (C=O) groups is 1. The largest absolute Gasteiger partial charge is 0.364 e. The molecule has 1 aromatic carbocycles. The highest BCUT2D eigenvalue weighted by molar-refractivity contribution is 5.90. The molecule has 1 aromatic heterocycles. The third-order valence-corrected chi connectivity index (χ3v) is 1.98. The molecule has 15 heavy (non-hydrogen) atoms. The number of nitrogens with two attached hydrogens (primary N) is 1. The van der Waals surface area contributed by atoms with Crippen molar-refractivity contribution in [3.63, 3.8) is 0 Å². The fourth-order valence-electron chi connectivity index (χ4n) is 1.26. The van der Waals surface area contributed by atoms with Gasteiger partial charge < -0.3 is 5.73 Å². The zero-order valence-corrected chi connectivity index (χ0v) is 8.00. The zero-order chi connectivity index (χ0) is 10.7. The molecule has 5 heteroatoms. The van der Waals surface area contributed by atoms with Crippen molar-refractivity contribution in [1.82, 2.24) is 15.0 Å². The highest BCUT2D eigenvalue weighted by Gasteiger charge is 2.05. The summed E-state index contributed by atoms with van der Waals surface area (Å²) in [6.07, 6.45) is 1.54. The van der Waals surface area contributed by atoms with Crippen LogP contribution in [0.2, 0.25) is 0 Å². The van der Waals surface area contributed by atoms with Crippen LogP contribution in [0, 0.1) is 0 Å². The predicted molar refractivity (Wildman–Crippen MR) is 54.1 cm³/mol. The standard InChI is InChI=1S/C10H10N4O/c11-10(15)9-7-14(13-12-9)6-8-4-2-1-3-5-8/h1-5,7H,6H2,(H2,11,15). The Morgan fingerprint density at radius 2 is 2.07 bits per heavy atom. The Bertz CT molecular complexity index is 463. The molecule has 0 aliphatic heterocycles. The molecule has 5 nitrogen and oxygen atoms in total. The van der Waals surface area contributed by atoms with Gasteiger partial charge in [0.1, 0.15) is 0 Å². The van der Waals surface area contributed by atoms with Crippen molar-refractivity contribution >= 4 is 5.91 Å². The van der Waals surface area contributed by atoms with Gasteiger partial charge in [-0.25, -0.2) is 4.68 Å². The Morgan fingerprint density at radius 3 is 2.67 bits per heavy atom. The Labute approximate surface area is 86.5 Å². The summed E-state index contributed by atoms with van der Waals surface area (Å²) in [5.74, 6) is -0.561. The maximum Gasteiger partial charge on any atom is 0.270 e. The Kier molecular flexibility index (Phi) is 2.45. The molecular formula is C10H10N4O. The van der Waals surface area contributed by atoms with E-state index in [1.807, 2.05) is 30.3 Å². The van der Waals surface area contributed by atoms with Gasteiger partial charge in [0.25, 0.3) is 5.91 Å². The third-order valence-electron chi connectivity index (χ3n) is 1.98. The van der Waals surface area contributed by atoms with Gasteiger partial charge in [0.05, 0.1) is 12.7 Å². The minimum Gasteiger partial charge on any atom is -0.364 e. The Balaban J connectivity index is 2.15. The van der Waals surface area contributed by atoms with Gasteiger partial charge in [0, 0.05) is 0 Å². The van der Waals surface area contributed by atoms with E-state index in [2.05, 4.69) is 10.3 Å². The van der Waals surface area contributed by atoms with Crippen LogP contribution in [0.25, 0.3) is 0 Å². The van der Waals surface area contributed by atoms with E-state index in [0.29, 0.717) is 6.54 Å². The number of hydrogen-bond acceptors (Lipinski definition) is 3. The highest BCUT2D eigenvalue weighted by atomic mass is 16.1. The molecule has 1 heterocycles. The van der Waals surface area contributed by atoms with Crippen LogP contribution in [0.1, 0.15) is 16.1 Å². The van der Waals surface area contributed by atoms with Gasteiger partial charge in [-0.15, -0.1) is 5.10 Å². The summed E-state index contributed by atoms with van der Waals surface area (Å²) in [5, 5.41) is 7.45. The number of hydrogen-bond donors (Lipinski definition) is 1. The number of aromatic nitrogens is 3. The van der Waals surface area contributed by atoms with Crippen LogP contribution >= 0.6 is 0 Å². The first-order chi connectivity index (χ1) is 7.25. The maximum absolute atomic E-state index is 10.8. The number of amides is 1. The van der Waals surface area contributed by atoms with Crippen LogP contribution in [0.4, 0.5) is 0 Å². The summed E-state index contributed by atoms with van der Waals surface area (Å²) in [7, 11) is 0. The molecule has 0 aliphatic carbocycles. The van der Waals surface area contributed by atoms with E-state index in [-0.39, 0.29) is 5.69 Å². The van der Waals surface area contributed by atoms with Gasteiger partial charge in [-0.05, 0) is 5.56 Å². The van der Waals surface area contributed by atoms with Gasteiger partial charge in [0.15, 0.2) is 5.69 Å². The SMILES string of the molecule is NC(=O)c1cn(Cc2ccccc2)nn1. The average Bonchev–Trinajstić information content (AvgIpc) is 2.68. The summed E-state index contributed by atoms with van der Waals surface area (Å²) >= 11 is 0. The van der Waals surface area contributed by atoms with Gasteiger partial charge in [-0.1, -0.05) is 35.5 Å². The predicted octanol–water partition coefficient (Wildman–Crippen LogP) is 0.425. The fourth-order valence-corrected chi connectivity index (χ4v) is 1.26. The number of nitrogens with zero attached hydrogens (tertiary/aromatic N) is 3. The first-order valence-electron chi connectivity index (χ1n) is 4.49. The van der Waals surface area contributed by atoms with Crippen molar-refractivity contribution in [2.45, 2.75) is 6.54 Å². The molecule has 1 amide bonds. The van der Waals surface area contributed by atoms with Crippen LogP contribution in [0.3, 0.4) is 0 Å². The van der Waals surface area contributed by atoms with Crippen molar-refractivity contribution in [3.05, 3.63) is 47.8 Å². The minimum atomic E-state index is -0.561. The van der Waals surface area contributed by atoms with Crippen LogP contribution in [-0.4, -0.2) is 20.9 Å². The molecule has 0 unspecified atom stereocenters. The maximum atomic E-state index is 10.8. The second-order valence-corrected chi connectivity index (χ2v) is 3.15. The topological polar surface area (TPSA) is 73.8 Å². The molecule has 0 atom stereocenters. The van der Waals surface area contributed by atoms with Gasteiger partial charge >= 0.3 is 0 Å². The number of benzene rings is 1. The average molecular weight is 202 g/mol. The van der Waals surface area contributed by atoms with E-state index in [4.69, 9.17) is 5.73 Å². The van der Waals surface area contributed by atoms with Crippen molar-refractivity contribution in [2.75, 3.05) is 0 Å².